The molecule has 0 saturated heterocycles. The van der Waals surface area contributed by atoms with Gasteiger partial charge in [0.15, 0.2) is 0 Å². The second-order valence-electron chi connectivity index (χ2n) is 7.31. The third-order valence-electron chi connectivity index (χ3n) is 4.46. The number of carbonyl (C=O) groups excluding carboxylic acids is 1. The van der Waals surface area contributed by atoms with E-state index >= 15 is 0 Å². The van der Waals surface area contributed by atoms with Gasteiger partial charge in [0.2, 0.25) is 0 Å². The van der Waals surface area contributed by atoms with Crippen LogP contribution in [0.5, 0.6) is 5.75 Å². The summed E-state index contributed by atoms with van der Waals surface area (Å²) >= 11 is 5.80. The van der Waals surface area contributed by atoms with Crippen LogP contribution in [-0.2, 0) is 0 Å². The van der Waals surface area contributed by atoms with Crippen molar-refractivity contribution in [3.05, 3.63) is 71.0 Å². The second-order valence-corrected chi connectivity index (χ2v) is 7.71. The summed E-state index contributed by atoms with van der Waals surface area (Å²) in [4.78, 5) is 12.9. The SMILES string of the molecule is CC(C)NCC(O)COc1cc2ccccc2cc1C(=O)Nc1ccc(F)c(Cl)c1. The minimum atomic E-state index is -0.731. The first-order valence-electron chi connectivity index (χ1n) is 9.67. The van der Waals surface area contributed by atoms with Crippen molar-refractivity contribution >= 4 is 34.0 Å². The molecule has 0 heterocycles. The van der Waals surface area contributed by atoms with Crippen molar-refractivity contribution in [1.29, 1.82) is 0 Å². The summed E-state index contributed by atoms with van der Waals surface area (Å²) in [6, 6.07) is 15.3. The van der Waals surface area contributed by atoms with Gasteiger partial charge in [-0.25, -0.2) is 4.39 Å². The fourth-order valence-corrected chi connectivity index (χ4v) is 3.09. The van der Waals surface area contributed by atoms with E-state index in [0.717, 1.165) is 10.8 Å². The van der Waals surface area contributed by atoms with Gasteiger partial charge in [-0.05, 0) is 41.1 Å². The van der Waals surface area contributed by atoms with Gasteiger partial charge in [-0.2, -0.15) is 0 Å². The van der Waals surface area contributed by atoms with Crippen molar-refractivity contribution in [2.75, 3.05) is 18.5 Å². The summed E-state index contributed by atoms with van der Waals surface area (Å²) in [5, 5.41) is 17.7. The average molecular weight is 431 g/mol. The van der Waals surface area contributed by atoms with E-state index in [2.05, 4.69) is 10.6 Å². The number of aliphatic hydroxyl groups is 1. The van der Waals surface area contributed by atoms with Gasteiger partial charge in [-0.3, -0.25) is 4.79 Å². The van der Waals surface area contributed by atoms with E-state index in [4.69, 9.17) is 16.3 Å². The fraction of sp³-hybridized carbons (Fsp3) is 0.261. The smallest absolute Gasteiger partial charge is 0.259 e. The summed E-state index contributed by atoms with van der Waals surface area (Å²) in [6.07, 6.45) is -0.731. The lowest BCUT2D eigenvalue weighted by atomic mass is 10.1. The van der Waals surface area contributed by atoms with Crippen LogP contribution in [0.3, 0.4) is 0 Å². The van der Waals surface area contributed by atoms with Crippen LogP contribution in [0.25, 0.3) is 10.8 Å². The van der Waals surface area contributed by atoms with Gasteiger partial charge in [0, 0.05) is 18.3 Å². The molecule has 0 aliphatic rings. The predicted octanol–water partition coefficient (Wildman–Crippen LogP) is 4.62. The van der Waals surface area contributed by atoms with Crippen molar-refractivity contribution in [3.63, 3.8) is 0 Å². The summed E-state index contributed by atoms with van der Waals surface area (Å²) in [5.74, 6) is -0.635. The Morgan fingerprint density at radius 2 is 1.83 bits per heavy atom. The summed E-state index contributed by atoms with van der Waals surface area (Å²) in [7, 11) is 0. The normalized spacial score (nSPS) is 12.2. The van der Waals surface area contributed by atoms with Crippen molar-refractivity contribution in [1.82, 2.24) is 5.32 Å². The van der Waals surface area contributed by atoms with Gasteiger partial charge in [-0.1, -0.05) is 49.7 Å². The van der Waals surface area contributed by atoms with Crippen LogP contribution >= 0.6 is 11.6 Å². The number of carbonyl (C=O) groups is 1. The van der Waals surface area contributed by atoms with Crippen LogP contribution in [0.4, 0.5) is 10.1 Å². The molecule has 1 unspecified atom stereocenters. The highest BCUT2D eigenvalue weighted by Crippen LogP contribution is 2.28. The molecule has 7 heteroatoms. The Morgan fingerprint density at radius 1 is 1.13 bits per heavy atom. The summed E-state index contributed by atoms with van der Waals surface area (Å²) in [5.41, 5.74) is 0.671. The molecule has 0 aliphatic heterocycles. The number of aliphatic hydroxyl groups excluding tert-OH is 1. The molecule has 0 aromatic heterocycles. The van der Waals surface area contributed by atoms with Crippen molar-refractivity contribution < 1.29 is 19.0 Å². The number of fused-ring (bicyclic) bond motifs is 1. The first kappa shape index (κ1) is 22.0. The van der Waals surface area contributed by atoms with Crippen LogP contribution in [0, 0.1) is 5.82 Å². The van der Waals surface area contributed by atoms with Gasteiger partial charge >= 0.3 is 0 Å². The minimum Gasteiger partial charge on any atom is -0.490 e. The number of hydrogen-bond acceptors (Lipinski definition) is 4. The number of amides is 1. The number of hydrogen-bond donors (Lipinski definition) is 3. The van der Waals surface area contributed by atoms with Crippen LogP contribution in [0.1, 0.15) is 24.2 Å². The first-order chi connectivity index (χ1) is 14.3. The Kier molecular flexibility index (Phi) is 7.26. The Balaban J connectivity index is 1.84. The van der Waals surface area contributed by atoms with Crippen molar-refractivity contribution in [2.24, 2.45) is 0 Å². The molecule has 3 N–H and O–H groups in total. The standard InChI is InChI=1S/C23H24ClFN2O3/c1-14(2)26-12-18(28)13-30-22-10-16-6-4-3-5-15(16)9-19(22)23(29)27-17-7-8-21(25)20(24)11-17/h3-11,14,18,26,28H,12-13H2,1-2H3,(H,27,29). The molecule has 0 aliphatic carbocycles. The monoisotopic (exact) mass is 430 g/mol. The maximum Gasteiger partial charge on any atom is 0.259 e. The number of ether oxygens (including phenoxy) is 1. The van der Waals surface area contributed by atoms with E-state index in [0.29, 0.717) is 23.5 Å². The zero-order valence-electron chi connectivity index (χ0n) is 16.8. The van der Waals surface area contributed by atoms with Gasteiger partial charge in [-0.15, -0.1) is 0 Å². The molecule has 1 amide bonds. The lowest BCUT2D eigenvalue weighted by Crippen LogP contribution is -2.35. The first-order valence-corrected chi connectivity index (χ1v) is 10.0. The van der Waals surface area contributed by atoms with Crippen LogP contribution in [0.15, 0.2) is 54.6 Å². The zero-order valence-corrected chi connectivity index (χ0v) is 17.5. The quantitative estimate of drug-likeness (QED) is 0.487. The summed E-state index contributed by atoms with van der Waals surface area (Å²) < 4.78 is 19.2. The Bertz CT molecular complexity index is 1040. The molecular formula is C23H24ClFN2O3. The molecular weight excluding hydrogens is 407 g/mol. The van der Waals surface area contributed by atoms with Gasteiger partial charge in [0.1, 0.15) is 24.3 Å². The van der Waals surface area contributed by atoms with E-state index in [9.17, 15) is 14.3 Å². The number of benzene rings is 3. The zero-order chi connectivity index (χ0) is 21.7. The van der Waals surface area contributed by atoms with E-state index in [1.54, 1.807) is 12.1 Å². The van der Waals surface area contributed by atoms with E-state index in [1.807, 2.05) is 38.1 Å². The summed E-state index contributed by atoms with van der Waals surface area (Å²) in [6.45, 7) is 4.38. The Hall–Kier alpha value is -2.67. The van der Waals surface area contributed by atoms with E-state index in [1.165, 1.54) is 18.2 Å². The molecule has 3 aromatic rings. The molecule has 0 saturated carbocycles. The average Bonchev–Trinajstić information content (AvgIpc) is 2.72. The minimum absolute atomic E-state index is 0.0285. The second kappa shape index (κ2) is 9.89. The van der Waals surface area contributed by atoms with Gasteiger partial charge in [0.25, 0.3) is 5.91 Å². The van der Waals surface area contributed by atoms with Crippen molar-refractivity contribution in [2.45, 2.75) is 26.0 Å². The molecule has 3 rings (SSSR count). The van der Waals surface area contributed by atoms with Gasteiger partial charge < -0.3 is 20.5 Å². The van der Waals surface area contributed by atoms with Crippen LogP contribution in [0.2, 0.25) is 5.02 Å². The lowest BCUT2D eigenvalue weighted by molar-refractivity contribution is 0.0975. The molecule has 1 atom stereocenters. The topological polar surface area (TPSA) is 70.6 Å². The molecule has 30 heavy (non-hydrogen) atoms. The number of halogens is 2. The highest BCUT2D eigenvalue weighted by Gasteiger charge is 2.17. The maximum atomic E-state index is 13.4. The highest BCUT2D eigenvalue weighted by atomic mass is 35.5. The number of nitrogens with one attached hydrogen (secondary N) is 2. The highest BCUT2D eigenvalue weighted by molar-refractivity contribution is 6.31. The lowest BCUT2D eigenvalue weighted by Gasteiger charge is -2.17. The molecule has 0 spiro atoms. The number of anilines is 1. The largest absolute Gasteiger partial charge is 0.490 e. The third kappa shape index (κ3) is 5.69. The van der Waals surface area contributed by atoms with E-state index in [-0.39, 0.29) is 17.7 Å². The molecule has 3 aromatic carbocycles. The molecule has 0 fully saturated rings. The van der Waals surface area contributed by atoms with E-state index < -0.39 is 17.8 Å². The Labute approximate surface area is 179 Å². The molecule has 158 valence electrons. The molecule has 5 nitrogen and oxygen atoms in total. The number of rotatable bonds is 8. The third-order valence-corrected chi connectivity index (χ3v) is 4.75. The Morgan fingerprint density at radius 3 is 2.50 bits per heavy atom. The molecule has 0 bridgehead atoms. The maximum absolute atomic E-state index is 13.4. The predicted molar refractivity (Wildman–Crippen MR) is 118 cm³/mol. The van der Waals surface area contributed by atoms with Crippen LogP contribution < -0.4 is 15.4 Å². The fourth-order valence-electron chi connectivity index (χ4n) is 2.91. The van der Waals surface area contributed by atoms with Crippen LogP contribution in [-0.4, -0.2) is 36.3 Å². The van der Waals surface area contributed by atoms with Gasteiger partial charge in [0.05, 0.1) is 10.6 Å². The molecule has 0 radical (unpaired) electrons. The van der Waals surface area contributed by atoms with Crippen molar-refractivity contribution in [3.8, 4) is 5.75 Å².